The van der Waals surface area contributed by atoms with Crippen LogP contribution in [0.1, 0.15) is 52.5 Å². The van der Waals surface area contributed by atoms with Crippen molar-refractivity contribution >= 4 is 48.9 Å². The largest absolute Gasteiger partial charge is 0.481 e. The topological polar surface area (TPSA) is 191 Å². The van der Waals surface area contributed by atoms with E-state index >= 15 is 0 Å². The van der Waals surface area contributed by atoms with E-state index in [1.54, 1.807) is 51.1 Å². The van der Waals surface area contributed by atoms with E-state index in [1.807, 2.05) is 0 Å². The van der Waals surface area contributed by atoms with Crippen molar-refractivity contribution in [3.63, 3.8) is 0 Å². The van der Waals surface area contributed by atoms with Gasteiger partial charge in [0.2, 0.25) is 25.1 Å². The average molecular weight is 629 g/mol. The summed E-state index contributed by atoms with van der Waals surface area (Å²) in [5, 5.41) is 16.9. The predicted octanol–water partition coefficient (Wildman–Crippen LogP) is 2.13. The molecule has 1 aliphatic rings. The highest BCUT2D eigenvalue weighted by atomic mass is 32.2. The molecule has 5 N–H and O–H groups in total. The normalized spacial score (nSPS) is 17.8. The lowest BCUT2D eigenvalue weighted by Crippen LogP contribution is -2.56. The summed E-state index contributed by atoms with van der Waals surface area (Å²) in [4.78, 5) is 74.1. The van der Waals surface area contributed by atoms with Crippen LogP contribution < -0.4 is 16.0 Å². The number of hydrogen-bond acceptors (Lipinski definition) is 8. The number of benzene rings is 1. The van der Waals surface area contributed by atoms with Crippen molar-refractivity contribution in [2.75, 3.05) is 24.3 Å². The fourth-order valence-corrected chi connectivity index (χ4v) is 6.79. The van der Waals surface area contributed by atoms with E-state index in [-0.39, 0.29) is 30.5 Å². The summed E-state index contributed by atoms with van der Waals surface area (Å²) in [6.45, 7) is 6.61. The number of hydrogen-bond donors (Lipinski definition) is 5. The molecule has 4 atom stereocenters. The van der Waals surface area contributed by atoms with E-state index in [2.05, 4.69) is 16.0 Å². The Morgan fingerprint density at radius 3 is 2.40 bits per heavy atom. The highest BCUT2D eigenvalue weighted by molar-refractivity contribution is 7.99. The maximum atomic E-state index is 13.6. The van der Waals surface area contributed by atoms with Crippen molar-refractivity contribution in [2.45, 2.75) is 76.8 Å². The fourth-order valence-electron chi connectivity index (χ4n) is 4.26. The quantitative estimate of drug-likeness (QED) is 0.116. The monoisotopic (exact) mass is 628 g/mol. The molecule has 1 aliphatic heterocycles. The van der Waals surface area contributed by atoms with Crippen LogP contribution in [0.3, 0.4) is 0 Å². The van der Waals surface area contributed by atoms with E-state index in [0.717, 1.165) is 0 Å². The average Bonchev–Trinajstić information content (AvgIpc) is 3.38. The summed E-state index contributed by atoms with van der Waals surface area (Å²) in [6, 6.07) is 6.67. The zero-order valence-electron chi connectivity index (χ0n) is 24.3. The van der Waals surface area contributed by atoms with Crippen LogP contribution in [0.4, 0.5) is 4.79 Å². The molecule has 1 aromatic rings. The van der Waals surface area contributed by atoms with Gasteiger partial charge in [0.1, 0.15) is 23.5 Å². The predicted molar refractivity (Wildman–Crippen MR) is 158 cm³/mol. The molecule has 0 radical (unpaired) electrons. The molecule has 42 heavy (non-hydrogen) atoms. The van der Waals surface area contributed by atoms with Gasteiger partial charge >= 0.3 is 12.1 Å². The number of aliphatic carboxylic acids is 1. The highest BCUT2D eigenvalue weighted by Crippen LogP contribution is 2.47. The van der Waals surface area contributed by atoms with Crippen molar-refractivity contribution in [1.29, 1.82) is 0 Å². The number of nitrogens with zero attached hydrogens (tertiary/aromatic N) is 1. The number of alkyl carbamates (subject to hydrolysis) is 1. The van der Waals surface area contributed by atoms with Gasteiger partial charge in [-0.15, -0.1) is 11.8 Å². The Kier molecular flexibility index (Phi) is 13.3. The number of ether oxygens (including phenoxy) is 1. The van der Waals surface area contributed by atoms with Gasteiger partial charge in [-0.05, 0) is 39.2 Å². The number of carbonyl (C=O) groups excluding carboxylic acids is 4. The summed E-state index contributed by atoms with van der Waals surface area (Å²) in [6.07, 6.45) is -1.12. The van der Waals surface area contributed by atoms with Gasteiger partial charge < -0.3 is 35.6 Å². The second-order valence-corrected chi connectivity index (χ2v) is 14.6. The zero-order chi connectivity index (χ0) is 31.5. The number of thioether (sulfide) groups is 1. The molecule has 0 aliphatic carbocycles. The minimum atomic E-state index is -4.17. The second-order valence-electron chi connectivity index (χ2n) is 11.0. The van der Waals surface area contributed by atoms with Crippen molar-refractivity contribution in [3.8, 4) is 0 Å². The van der Waals surface area contributed by atoms with Gasteiger partial charge in [-0.1, -0.05) is 30.3 Å². The van der Waals surface area contributed by atoms with E-state index in [4.69, 9.17) is 9.84 Å². The first-order valence-corrected chi connectivity index (χ1v) is 16.7. The number of likely N-dealkylation sites (tertiary alicyclic amines) is 1. The maximum absolute atomic E-state index is 13.6. The van der Waals surface area contributed by atoms with Crippen molar-refractivity contribution < 1.29 is 43.3 Å². The smallest absolute Gasteiger partial charge is 0.408 e. The van der Waals surface area contributed by atoms with Crippen LogP contribution in [0.2, 0.25) is 0 Å². The van der Waals surface area contributed by atoms with Crippen LogP contribution in [0.15, 0.2) is 30.3 Å². The van der Waals surface area contributed by atoms with Crippen molar-refractivity contribution in [1.82, 2.24) is 20.9 Å². The van der Waals surface area contributed by atoms with E-state index in [0.29, 0.717) is 18.4 Å². The van der Waals surface area contributed by atoms with E-state index in [9.17, 15) is 33.4 Å². The standard InChI is InChI=1S/C27H41N4O9PS/c1-18(32)28-17-42-16-20(29-26(37)40-27(2,3)4)25(36)31-13-8-11-21(31)24(35)30-22(15-19-9-6-5-7-10-19)41(38,39)14-12-23(33)34/h5-7,9-10,20-22H,8,11-17H2,1-4H3,(H,28,32)(H,29,37)(H,30,35)(H,33,34)(H,38,39)/t20-,21-,22?/m0/s1. The SMILES string of the molecule is CC(=O)NCSC[C@H](NC(=O)OC(C)(C)C)C(=O)N1CCC[C@H]1C(=O)NC(Cc1ccccc1)P(=O)(O)CCC(=O)O. The third kappa shape index (κ3) is 12.0. The van der Waals surface area contributed by atoms with Crippen molar-refractivity contribution in [3.05, 3.63) is 35.9 Å². The number of amides is 4. The zero-order valence-corrected chi connectivity index (χ0v) is 26.0. The Morgan fingerprint density at radius 2 is 1.81 bits per heavy atom. The van der Waals surface area contributed by atoms with Crippen LogP contribution in [0.5, 0.6) is 0 Å². The lowest BCUT2D eigenvalue weighted by atomic mass is 10.1. The first-order chi connectivity index (χ1) is 19.6. The number of carboxylic acids is 1. The molecule has 4 amide bonds. The van der Waals surface area contributed by atoms with Crippen LogP contribution in [-0.2, 0) is 34.9 Å². The molecule has 1 fully saturated rings. The number of carbonyl (C=O) groups is 5. The summed E-state index contributed by atoms with van der Waals surface area (Å²) in [5.74, 6) is -3.66. The lowest BCUT2D eigenvalue weighted by molar-refractivity contribution is -0.139. The third-order valence-electron chi connectivity index (χ3n) is 6.25. The summed E-state index contributed by atoms with van der Waals surface area (Å²) in [5.41, 5.74) is -0.145. The summed E-state index contributed by atoms with van der Waals surface area (Å²) in [7, 11) is -4.17. The number of carboxylic acid groups (broad SMARTS) is 1. The molecular formula is C27H41N4O9PS. The van der Waals surface area contributed by atoms with Gasteiger partial charge in [-0.3, -0.25) is 23.7 Å². The molecule has 1 aromatic carbocycles. The second kappa shape index (κ2) is 15.9. The van der Waals surface area contributed by atoms with Gasteiger partial charge in [0.25, 0.3) is 0 Å². The van der Waals surface area contributed by atoms with Crippen LogP contribution in [-0.4, -0.2) is 92.5 Å². The van der Waals surface area contributed by atoms with Gasteiger partial charge in [-0.2, -0.15) is 0 Å². The molecule has 2 unspecified atom stereocenters. The van der Waals surface area contributed by atoms with Gasteiger partial charge in [0, 0.05) is 31.8 Å². The van der Waals surface area contributed by atoms with Gasteiger partial charge in [0.15, 0.2) is 0 Å². The van der Waals surface area contributed by atoms with Crippen LogP contribution in [0, 0.1) is 0 Å². The minimum absolute atomic E-state index is 0.0107. The van der Waals surface area contributed by atoms with Gasteiger partial charge in [0.05, 0.1) is 12.3 Å². The molecule has 2 rings (SSSR count). The van der Waals surface area contributed by atoms with E-state index < -0.39 is 67.3 Å². The molecule has 0 spiro atoms. The molecular weight excluding hydrogens is 587 g/mol. The minimum Gasteiger partial charge on any atom is -0.481 e. The summed E-state index contributed by atoms with van der Waals surface area (Å²) < 4.78 is 18.5. The maximum Gasteiger partial charge on any atom is 0.408 e. The third-order valence-corrected chi connectivity index (χ3v) is 9.32. The molecule has 13 nitrogen and oxygen atoms in total. The molecule has 0 bridgehead atoms. The number of nitrogens with one attached hydrogen (secondary N) is 3. The Morgan fingerprint density at radius 1 is 1.14 bits per heavy atom. The Bertz CT molecular complexity index is 1160. The Labute approximate surface area is 250 Å². The van der Waals surface area contributed by atoms with E-state index in [1.165, 1.54) is 23.6 Å². The molecule has 234 valence electrons. The summed E-state index contributed by atoms with van der Waals surface area (Å²) >= 11 is 1.20. The molecule has 15 heteroatoms. The Balaban J connectivity index is 2.23. The highest BCUT2D eigenvalue weighted by Gasteiger charge is 2.41. The molecule has 0 saturated carbocycles. The first-order valence-electron chi connectivity index (χ1n) is 13.6. The van der Waals surface area contributed by atoms with Gasteiger partial charge in [-0.25, -0.2) is 4.79 Å². The molecule has 1 heterocycles. The Hall–Kier alpha value is -3.09. The van der Waals surface area contributed by atoms with Crippen molar-refractivity contribution in [2.24, 2.45) is 0 Å². The fraction of sp³-hybridized carbons (Fsp3) is 0.593. The van der Waals surface area contributed by atoms with Crippen LogP contribution >= 0.6 is 19.1 Å². The van der Waals surface area contributed by atoms with Crippen LogP contribution in [0.25, 0.3) is 0 Å². The number of rotatable bonds is 14. The molecule has 1 saturated heterocycles. The molecule has 0 aromatic heterocycles. The first kappa shape index (κ1) is 35.1. The lowest BCUT2D eigenvalue weighted by Gasteiger charge is -2.31.